The van der Waals surface area contributed by atoms with Crippen LogP contribution in [0.15, 0.2) is 70.0 Å². The van der Waals surface area contributed by atoms with E-state index in [1.807, 2.05) is 0 Å². The molecule has 1 aromatic heterocycles. The maximum absolute atomic E-state index is 12.7. The van der Waals surface area contributed by atoms with E-state index in [4.69, 9.17) is 28.2 Å². The molecule has 0 bridgehead atoms. The number of thioether (sulfide) groups is 1. The molecule has 32 heavy (non-hydrogen) atoms. The molecule has 0 atom stereocenters. The van der Waals surface area contributed by atoms with Crippen LogP contribution in [0, 0.1) is 10.1 Å². The number of hydrogen-bond donors (Lipinski definition) is 1. The molecule has 2 heterocycles. The monoisotopic (exact) mass is 485 g/mol. The minimum absolute atomic E-state index is 0.158. The van der Waals surface area contributed by atoms with E-state index in [2.05, 4.69) is 5.43 Å². The van der Waals surface area contributed by atoms with Crippen LogP contribution in [0.3, 0.4) is 0 Å². The van der Waals surface area contributed by atoms with E-state index < -0.39 is 16.7 Å². The van der Waals surface area contributed by atoms with Gasteiger partial charge in [-0.1, -0.05) is 41.6 Å². The standard InChI is InChI=1S/C21H12ClN3O5S2/c22-13-6-8-15(16(10-13)25(28)29)17-9-7-14(30-17)11-18-20(27)24(21(31)32-18)23-19(26)12-4-2-1-3-5-12/h1-11H,(H,23,26)/b18-11+. The van der Waals surface area contributed by atoms with Crippen LogP contribution >= 0.6 is 35.6 Å². The molecular formula is C21H12ClN3O5S2. The molecule has 1 aliphatic heterocycles. The molecule has 0 aliphatic carbocycles. The van der Waals surface area contributed by atoms with Gasteiger partial charge in [0.05, 0.1) is 15.4 Å². The average Bonchev–Trinajstić information content (AvgIpc) is 3.34. The van der Waals surface area contributed by atoms with E-state index in [-0.39, 0.29) is 31.3 Å². The van der Waals surface area contributed by atoms with E-state index in [9.17, 15) is 19.7 Å². The maximum atomic E-state index is 12.7. The quantitative estimate of drug-likeness (QED) is 0.233. The Bertz CT molecular complexity index is 1290. The largest absolute Gasteiger partial charge is 0.456 e. The number of amides is 2. The molecular weight excluding hydrogens is 474 g/mol. The first-order valence-electron chi connectivity index (χ1n) is 9.01. The van der Waals surface area contributed by atoms with Gasteiger partial charge in [-0.25, -0.2) is 0 Å². The van der Waals surface area contributed by atoms with Gasteiger partial charge in [-0.2, -0.15) is 5.01 Å². The molecule has 4 rings (SSSR count). The number of carbonyl (C=O) groups is 2. The van der Waals surface area contributed by atoms with Gasteiger partial charge in [0.1, 0.15) is 11.5 Å². The smallest absolute Gasteiger partial charge is 0.285 e. The summed E-state index contributed by atoms with van der Waals surface area (Å²) < 4.78 is 5.85. The van der Waals surface area contributed by atoms with Crippen molar-refractivity contribution >= 4 is 63.5 Å². The molecule has 1 N–H and O–H groups in total. The first-order chi connectivity index (χ1) is 15.3. The number of hydrazine groups is 1. The van der Waals surface area contributed by atoms with E-state index in [1.54, 1.807) is 42.5 Å². The lowest BCUT2D eigenvalue weighted by atomic mass is 10.1. The second-order valence-electron chi connectivity index (χ2n) is 6.44. The molecule has 0 saturated carbocycles. The van der Waals surface area contributed by atoms with Crippen molar-refractivity contribution in [3.8, 4) is 11.3 Å². The Hall–Kier alpha value is -3.47. The van der Waals surface area contributed by atoms with Gasteiger partial charge in [0.15, 0.2) is 4.32 Å². The van der Waals surface area contributed by atoms with Gasteiger partial charge in [0.25, 0.3) is 17.5 Å². The number of nitrogens with one attached hydrogen (secondary N) is 1. The van der Waals surface area contributed by atoms with Crippen LogP contribution in [0.4, 0.5) is 5.69 Å². The summed E-state index contributed by atoms with van der Waals surface area (Å²) in [4.78, 5) is 36.1. The maximum Gasteiger partial charge on any atom is 0.285 e. The van der Waals surface area contributed by atoms with Crippen molar-refractivity contribution in [2.45, 2.75) is 0 Å². The fraction of sp³-hybridized carbons (Fsp3) is 0. The summed E-state index contributed by atoms with van der Waals surface area (Å²) >= 11 is 12.1. The summed E-state index contributed by atoms with van der Waals surface area (Å²) in [6, 6.07) is 15.8. The third-order valence-electron chi connectivity index (χ3n) is 4.37. The lowest BCUT2D eigenvalue weighted by Gasteiger charge is -2.15. The number of thiocarbonyl (C=S) groups is 1. The van der Waals surface area contributed by atoms with Crippen LogP contribution in [0.5, 0.6) is 0 Å². The Morgan fingerprint density at radius 3 is 2.66 bits per heavy atom. The minimum atomic E-state index is -0.552. The molecule has 2 aromatic carbocycles. The second kappa shape index (κ2) is 8.95. The lowest BCUT2D eigenvalue weighted by Crippen LogP contribution is -2.44. The molecule has 1 fully saturated rings. The van der Waals surface area contributed by atoms with E-state index >= 15 is 0 Å². The summed E-state index contributed by atoms with van der Waals surface area (Å²) in [5, 5.41) is 12.6. The topological polar surface area (TPSA) is 106 Å². The summed E-state index contributed by atoms with van der Waals surface area (Å²) in [5.74, 6) is -0.454. The molecule has 8 nitrogen and oxygen atoms in total. The van der Waals surface area contributed by atoms with Crippen LogP contribution in [0.25, 0.3) is 17.4 Å². The molecule has 160 valence electrons. The van der Waals surface area contributed by atoms with Gasteiger partial charge in [0.2, 0.25) is 0 Å². The number of nitro benzene ring substituents is 1. The van der Waals surface area contributed by atoms with Crippen molar-refractivity contribution < 1.29 is 18.9 Å². The number of halogens is 1. The van der Waals surface area contributed by atoms with Crippen LogP contribution in [0.2, 0.25) is 5.02 Å². The molecule has 0 unspecified atom stereocenters. The van der Waals surface area contributed by atoms with Crippen LogP contribution in [-0.2, 0) is 4.79 Å². The molecule has 11 heteroatoms. The van der Waals surface area contributed by atoms with Crippen molar-refractivity contribution in [2.75, 3.05) is 0 Å². The number of benzene rings is 2. The summed E-state index contributed by atoms with van der Waals surface area (Å²) in [6.45, 7) is 0. The first kappa shape index (κ1) is 21.8. The second-order valence-corrected chi connectivity index (χ2v) is 8.56. The van der Waals surface area contributed by atoms with E-state index in [0.29, 0.717) is 11.3 Å². The van der Waals surface area contributed by atoms with Gasteiger partial charge >= 0.3 is 0 Å². The Labute approximate surface area is 196 Å². The average molecular weight is 486 g/mol. The Morgan fingerprint density at radius 1 is 1.19 bits per heavy atom. The number of rotatable bonds is 5. The SMILES string of the molecule is O=C(NN1C(=O)/C(=C\c2ccc(-c3ccc(Cl)cc3[N+](=O)[O-])o2)SC1=S)c1ccccc1. The fourth-order valence-electron chi connectivity index (χ4n) is 2.89. The third kappa shape index (κ3) is 4.42. The molecule has 2 amide bonds. The third-order valence-corrected chi connectivity index (χ3v) is 5.90. The van der Waals surface area contributed by atoms with Crippen LogP contribution < -0.4 is 5.43 Å². The Kier molecular flexibility index (Phi) is 6.08. The summed E-state index contributed by atoms with van der Waals surface area (Å²) in [5.41, 5.74) is 2.92. The fourth-order valence-corrected chi connectivity index (χ4v) is 4.21. The first-order valence-corrected chi connectivity index (χ1v) is 10.6. The van der Waals surface area contributed by atoms with Gasteiger partial charge in [-0.15, -0.1) is 0 Å². The summed E-state index contributed by atoms with van der Waals surface area (Å²) in [6.07, 6.45) is 1.46. The minimum Gasteiger partial charge on any atom is -0.456 e. The zero-order valence-electron chi connectivity index (χ0n) is 16.0. The zero-order chi connectivity index (χ0) is 22.8. The van der Waals surface area contributed by atoms with Gasteiger partial charge < -0.3 is 4.42 Å². The Balaban J connectivity index is 1.55. The van der Waals surface area contributed by atoms with Crippen molar-refractivity contribution in [2.24, 2.45) is 0 Å². The summed E-state index contributed by atoms with van der Waals surface area (Å²) in [7, 11) is 0. The van der Waals surface area contributed by atoms with Crippen molar-refractivity contribution in [1.29, 1.82) is 0 Å². The predicted octanol–water partition coefficient (Wildman–Crippen LogP) is 5.05. The number of carbonyl (C=O) groups excluding carboxylic acids is 2. The number of nitro groups is 1. The van der Waals surface area contributed by atoms with Crippen LogP contribution in [-0.4, -0.2) is 26.1 Å². The molecule has 0 radical (unpaired) electrons. The highest BCUT2D eigenvalue weighted by atomic mass is 35.5. The van der Waals surface area contributed by atoms with Crippen molar-refractivity contribution in [3.63, 3.8) is 0 Å². The molecule has 1 aliphatic rings. The lowest BCUT2D eigenvalue weighted by molar-refractivity contribution is -0.384. The highest BCUT2D eigenvalue weighted by molar-refractivity contribution is 8.26. The number of nitrogens with zero attached hydrogens (tertiary/aromatic N) is 2. The highest BCUT2D eigenvalue weighted by Gasteiger charge is 2.34. The number of hydrogen-bond acceptors (Lipinski definition) is 7. The predicted molar refractivity (Wildman–Crippen MR) is 125 cm³/mol. The van der Waals surface area contributed by atoms with E-state index in [0.717, 1.165) is 16.8 Å². The Morgan fingerprint density at radius 2 is 1.94 bits per heavy atom. The molecule has 0 spiro atoms. The number of furan rings is 1. The highest BCUT2D eigenvalue weighted by Crippen LogP contribution is 2.35. The van der Waals surface area contributed by atoms with Gasteiger partial charge in [-0.3, -0.25) is 25.1 Å². The normalized spacial score (nSPS) is 14.8. The van der Waals surface area contributed by atoms with Crippen molar-refractivity contribution in [1.82, 2.24) is 10.4 Å². The van der Waals surface area contributed by atoms with Crippen molar-refractivity contribution in [3.05, 3.63) is 92.0 Å². The van der Waals surface area contributed by atoms with Crippen LogP contribution in [0.1, 0.15) is 16.1 Å². The molecule has 1 saturated heterocycles. The van der Waals surface area contributed by atoms with E-state index in [1.165, 1.54) is 24.3 Å². The van der Waals surface area contributed by atoms with Gasteiger partial charge in [-0.05, 0) is 48.6 Å². The zero-order valence-corrected chi connectivity index (χ0v) is 18.4. The van der Waals surface area contributed by atoms with Gasteiger partial charge in [0, 0.05) is 22.7 Å². The molecule has 3 aromatic rings.